The standard InChI is InChI=1S/C19H19F2NO2/c20-15-3-2-14(17(21)10-15)12-22(16-4-5-16)11-13-1-6-18-19(9-13)24-8-7-23-18/h1-3,6,9-10,16H,4-5,7-8,11-12H2. The predicted octanol–water partition coefficient (Wildman–Crippen LogP) is 3.90. The molecule has 126 valence electrons. The van der Waals surface area contributed by atoms with Gasteiger partial charge < -0.3 is 9.47 Å². The van der Waals surface area contributed by atoms with Gasteiger partial charge in [-0.15, -0.1) is 0 Å². The van der Waals surface area contributed by atoms with Crippen molar-refractivity contribution in [1.29, 1.82) is 0 Å². The maximum absolute atomic E-state index is 14.0. The summed E-state index contributed by atoms with van der Waals surface area (Å²) in [4.78, 5) is 2.24. The molecule has 1 aliphatic carbocycles. The second-order valence-corrected chi connectivity index (χ2v) is 6.35. The van der Waals surface area contributed by atoms with Gasteiger partial charge in [-0.2, -0.15) is 0 Å². The molecule has 0 atom stereocenters. The van der Waals surface area contributed by atoms with Crippen LogP contribution in [0.2, 0.25) is 0 Å². The Hall–Kier alpha value is -2.14. The molecule has 0 aromatic heterocycles. The fraction of sp³-hybridized carbons (Fsp3) is 0.368. The molecular weight excluding hydrogens is 312 g/mol. The molecule has 0 radical (unpaired) electrons. The molecule has 2 aliphatic rings. The van der Waals surface area contributed by atoms with Gasteiger partial charge in [0, 0.05) is 30.8 Å². The highest BCUT2D eigenvalue weighted by molar-refractivity contribution is 5.43. The summed E-state index contributed by atoms with van der Waals surface area (Å²) in [5.74, 6) is 0.513. The first-order valence-electron chi connectivity index (χ1n) is 8.25. The number of benzene rings is 2. The Morgan fingerprint density at radius 3 is 2.46 bits per heavy atom. The average molecular weight is 331 g/mol. The van der Waals surface area contributed by atoms with Gasteiger partial charge in [0.1, 0.15) is 24.8 Å². The molecule has 3 nitrogen and oxygen atoms in total. The maximum atomic E-state index is 14.0. The third-order valence-corrected chi connectivity index (χ3v) is 4.44. The van der Waals surface area contributed by atoms with E-state index >= 15 is 0 Å². The molecule has 4 rings (SSSR count). The fourth-order valence-electron chi connectivity index (χ4n) is 3.04. The van der Waals surface area contributed by atoms with Crippen molar-refractivity contribution in [2.24, 2.45) is 0 Å². The van der Waals surface area contributed by atoms with Crippen molar-refractivity contribution in [3.05, 3.63) is 59.2 Å². The van der Waals surface area contributed by atoms with Crippen molar-refractivity contribution in [3.63, 3.8) is 0 Å². The highest BCUT2D eigenvalue weighted by atomic mass is 19.1. The number of fused-ring (bicyclic) bond motifs is 1. The molecule has 2 aromatic rings. The van der Waals surface area contributed by atoms with Crippen LogP contribution in [-0.2, 0) is 13.1 Å². The Labute approximate surface area is 139 Å². The maximum Gasteiger partial charge on any atom is 0.161 e. The molecule has 24 heavy (non-hydrogen) atoms. The molecule has 0 N–H and O–H groups in total. The molecule has 1 saturated carbocycles. The Balaban J connectivity index is 1.51. The van der Waals surface area contributed by atoms with E-state index in [-0.39, 0.29) is 0 Å². The second kappa shape index (κ2) is 6.40. The summed E-state index contributed by atoms with van der Waals surface area (Å²) in [6.45, 7) is 2.32. The third-order valence-electron chi connectivity index (χ3n) is 4.44. The van der Waals surface area contributed by atoms with Crippen molar-refractivity contribution >= 4 is 0 Å². The molecule has 5 heteroatoms. The second-order valence-electron chi connectivity index (χ2n) is 6.35. The van der Waals surface area contributed by atoms with E-state index in [1.54, 1.807) is 0 Å². The zero-order valence-corrected chi connectivity index (χ0v) is 13.3. The average Bonchev–Trinajstić information content (AvgIpc) is 3.41. The molecule has 0 amide bonds. The highest BCUT2D eigenvalue weighted by Gasteiger charge is 2.29. The van der Waals surface area contributed by atoms with Gasteiger partial charge in [-0.05, 0) is 36.6 Å². The largest absolute Gasteiger partial charge is 0.486 e. The third kappa shape index (κ3) is 3.36. The van der Waals surface area contributed by atoms with Crippen LogP contribution in [0.5, 0.6) is 11.5 Å². The molecule has 1 heterocycles. The van der Waals surface area contributed by atoms with E-state index in [9.17, 15) is 8.78 Å². The summed E-state index contributed by atoms with van der Waals surface area (Å²) in [5.41, 5.74) is 1.63. The van der Waals surface area contributed by atoms with Gasteiger partial charge in [0.05, 0.1) is 0 Å². The minimum atomic E-state index is -0.541. The highest BCUT2D eigenvalue weighted by Crippen LogP contribution is 2.34. The smallest absolute Gasteiger partial charge is 0.161 e. The molecule has 0 saturated heterocycles. The fourth-order valence-corrected chi connectivity index (χ4v) is 3.04. The van der Waals surface area contributed by atoms with Crippen molar-refractivity contribution in [2.45, 2.75) is 32.0 Å². The predicted molar refractivity (Wildman–Crippen MR) is 86.1 cm³/mol. The number of halogens is 2. The lowest BCUT2D eigenvalue weighted by atomic mass is 10.1. The van der Waals surface area contributed by atoms with Gasteiger partial charge in [0.2, 0.25) is 0 Å². The van der Waals surface area contributed by atoms with E-state index in [1.807, 2.05) is 18.2 Å². The lowest BCUT2D eigenvalue weighted by Crippen LogP contribution is -2.25. The zero-order chi connectivity index (χ0) is 16.5. The first-order chi connectivity index (χ1) is 11.7. The molecule has 1 fully saturated rings. The normalized spacial score (nSPS) is 16.5. The summed E-state index contributed by atoms with van der Waals surface area (Å²) < 4.78 is 38.2. The molecule has 0 bridgehead atoms. The van der Waals surface area contributed by atoms with Gasteiger partial charge in [0.15, 0.2) is 11.5 Å². The van der Waals surface area contributed by atoms with Crippen molar-refractivity contribution < 1.29 is 18.3 Å². The summed E-state index contributed by atoms with van der Waals surface area (Å²) in [6, 6.07) is 10.2. The van der Waals surface area contributed by atoms with Crippen LogP contribution in [-0.4, -0.2) is 24.2 Å². The quantitative estimate of drug-likeness (QED) is 0.829. The summed E-state index contributed by atoms with van der Waals surface area (Å²) >= 11 is 0. The van der Waals surface area contributed by atoms with Crippen LogP contribution in [0.25, 0.3) is 0 Å². The Kier molecular flexibility index (Phi) is 4.10. The van der Waals surface area contributed by atoms with E-state index in [1.165, 1.54) is 12.1 Å². The SMILES string of the molecule is Fc1ccc(CN(Cc2ccc3c(c2)OCCO3)C2CC2)c(F)c1. The minimum Gasteiger partial charge on any atom is -0.486 e. The van der Waals surface area contributed by atoms with Crippen LogP contribution >= 0.6 is 0 Å². The summed E-state index contributed by atoms with van der Waals surface area (Å²) in [5, 5.41) is 0. The van der Waals surface area contributed by atoms with E-state index in [0.29, 0.717) is 37.9 Å². The number of hydrogen-bond donors (Lipinski definition) is 0. The number of nitrogens with zero attached hydrogens (tertiary/aromatic N) is 1. The van der Waals surface area contributed by atoms with E-state index < -0.39 is 11.6 Å². The molecule has 0 spiro atoms. The van der Waals surface area contributed by atoms with E-state index in [4.69, 9.17) is 9.47 Å². The van der Waals surface area contributed by atoms with Crippen LogP contribution in [0.1, 0.15) is 24.0 Å². The summed E-state index contributed by atoms with van der Waals surface area (Å²) in [6.07, 6.45) is 2.24. The zero-order valence-electron chi connectivity index (χ0n) is 13.3. The van der Waals surface area contributed by atoms with E-state index in [0.717, 1.165) is 36.0 Å². The molecule has 2 aromatic carbocycles. The lowest BCUT2D eigenvalue weighted by molar-refractivity contribution is 0.171. The van der Waals surface area contributed by atoms with Crippen molar-refractivity contribution in [3.8, 4) is 11.5 Å². The lowest BCUT2D eigenvalue weighted by Gasteiger charge is -2.24. The first kappa shape index (κ1) is 15.4. The van der Waals surface area contributed by atoms with Crippen molar-refractivity contribution in [1.82, 2.24) is 4.90 Å². The summed E-state index contributed by atoms with van der Waals surface area (Å²) in [7, 11) is 0. The Morgan fingerprint density at radius 2 is 1.71 bits per heavy atom. The van der Waals surface area contributed by atoms with Gasteiger partial charge in [-0.3, -0.25) is 4.90 Å². The van der Waals surface area contributed by atoms with Gasteiger partial charge in [-0.25, -0.2) is 8.78 Å². The van der Waals surface area contributed by atoms with Crippen LogP contribution in [0.15, 0.2) is 36.4 Å². The van der Waals surface area contributed by atoms with Gasteiger partial charge in [-0.1, -0.05) is 12.1 Å². The molecule has 0 unspecified atom stereocenters. The Morgan fingerprint density at radius 1 is 0.917 bits per heavy atom. The Bertz CT molecular complexity index is 746. The van der Waals surface area contributed by atoms with Gasteiger partial charge >= 0.3 is 0 Å². The van der Waals surface area contributed by atoms with Crippen molar-refractivity contribution in [2.75, 3.05) is 13.2 Å². The number of ether oxygens (including phenoxy) is 2. The number of hydrogen-bond acceptors (Lipinski definition) is 3. The number of rotatable bonds is 5. The van der Waals surface area contributed by atoms with Crippen LogP contribution in [0, 0.1) is 11.6 Å². The first-order valence-corrected chi connectivity index (χ1v) is 8.25. The van der Waals surface area contributed by atoms with Crippen LogP contribution in [0.3, 0.4) is 0 Å². The topological polar surface area (TPSA) is 21.7 Å². The molecular formula is C19H19F2NO2. The van der Waals surface area contributed by atoms with E-state index in [2.05, 4.69) is 4.90 Å². The van der Waals surface area contributed by atoms with Crippen LogP contribution in [0.4, 0.5) is 8.78 Å². The molecule has 1 aliphatic heterocycles. The van der Waals surface area contributed by atoms with Crippen LogP contribution < -0.4 is 9.47 Å². The minimum absolute atomic E-state index is 0.461. The monoisotopic (exact) mass is 331 g/mol. The van der Waals surface area contributed by atoms with Gasteiger partial charge in [0.25, 0.3) is 0 Å².